The highest BCUT2D eigenvalue weighted by Gasteiger charge is 2.60. The van der Waals surface area contributed by atoms with Crippen LogP contribution in [0, 0.1) is 6.92 Å². The summed E-state index contributed by atoms with van der Waals surface area (Å²) in [6.45, 7) is 1.75. The van der Waals surface area contributed by atoms with Crippen molar-refractivity contribution in [1.82, 2.24) is 0 Å². The summed E-state index contributed by atoms with van der Waals surface area (Å²) < 4.78 is 26.7. The summed E-state index contributed by atoms with van der Waals surface area (Å²) in [7, 11) is 0. The van der Waals surface area contributed by atoms with E-state index in [1.807, 2.05) is 0 Å². The number of hydrogen-bond donors (Lipinski definition) is 1. The first-order valence-corrected chi connectivity index (χ1v) is 8.12. The average Bonchev–Trinajstić information content (AvgIpc) is 3.00. The monoisotopic (exact) mass is 374 g/mol. The highest BCUT2D eigenvalue weighted by atomic mass is 35.5. The Morgan fingerprint density at radius 3 is 2.69 bits per heavy atom. The van der Waals surface area contributed by atoms with Crippen molar-refractivity contribution in [3.63, 3.8) is 0 Å². The minimum absolute atomic E-state index is 0.0798. The van der Waals surface area contributed by atoms with Crippen molar-refractivity contribution in [3.05, 3.63) is 64.4 Å². The fourth-order valence-corrected chi connectivity index (χ4v) is 3.47. The van der Waals surface area contributed by atoms with Crippen molar-refractivity contribution in [3.8, 4) is 5.75 Å². The van der Waals surface area contributed by atoms with E-state index in [0.29, 0.717) is 16.5 Å². The molecule has 4 rings (SSSR count). The molecule has 1 aromatic heterocycles. The van der Waals surface area contributed by atoms with Gasteiger partial charge in [0, 0.05) is 10.6 Å². The van der Waals surface area contributed by atoms with Crippen LogP contribution in [-0.4, -0.2) is 22.5 Å². The minimum atomic E-state index is -3.30. The van der Waals surface area contributed by atoms with Crippen LogP contribution in [0.1, 0.15) is 27.6 Å². The second-order valence-electron chi connectivity index (χ2n) is 6.10. The van der Waals surface area contributed by atoms with Gasteiger partial charge in [-0.15, -0.1) is 0 Å². The summed E-state index contributed by atoms with van der Waals surface area (Å²) >= 11 is 6.12. The van der Waals surface area contributed by atoms with Gasteiger partial charge >= 0.3 is 11.6 Å². The zero-order valence-corrected chi connectivity index (χ0v) is 14.2. The van der Waals surface area contributed by atoms with Gasteiger partial charge in [-0.25, -0.2) is 9.18 Å². The van der Waals surface area contributed by atoms with Crippen LogP contribution in [0.2, 0.25) is 5.02 Å². The Labute approximate surface area is 151 Å². The van der Waals surface area contributed by atoms with E-state index in [0.717, 1.165) is 0 Å². The Hall–Kier alpha value is -2.86. The van der Waals surface area contributed by atoms with Gasteiger partial charge in [0.1, 0.15) is 11.3 Å². The Kier molecular flexibility index (Phi) is 3.56. The van der Waals surface area contributed by atoms with Crippen LogP contribution in [-0.2, 0) is 4.79 Å². The number of hydrogen-bond acceptors (Lipinski definition) is 4. The highest BCUT2D eigenvalue weighted by Crippen LogP contribution is 2.48. The largest absolute Gasteiger partial charge is 0.480 e. The Morgan fingerprint density at radius 1 is 1.27 bits per heavy atom. The zero-order valence-electron chi connectivity index (χ0n) is 13.5. The van der Waals surface area contributed by atoms with Crippen molar-refractivity contribution < 1.29 is 28.2 Å². The second-order valence-corrected chi connectivity index (χ2v) is 6.51. The molecule has 7 heteroatoms. The Balaban J connectivity index is 2.03. The van der Waals surface area contributed by atoms with Crippen molar-refractivity contribution >= 4 is 34.3 Å². The molecule has 1 aliphatic rings. The smallest absolute Gasteiger partial charge is 0.354 e. The molecule has 1 N–H and O–H groups in total. The molecule has 2 unspecified atom stereocenters. The lowest BCUT2D eigenvalue weighted by molar-refractivity contribution is -0.154. The number of aliphatic carboxylic acids is 1. The van der Waals surface area contributed by atoms with Gasteiger partial charge in [-0.3, -0.25) is 4.79 Å². The maximum Gasteiger partial charge on any atom is 0.354 e. The lowest BCUT2D eigenvalue weighted by Crippen LogP contribution is -2.52. The summed E-state index contributed by atoms with van der Waals surface area (Å²) in [6.07, 6.45) is -0.244. The predicted molar refractivity (Wildman–Crippen MR) is 91.6 cm³/mol. The number of ketones is 1. The third kappa shape index (κ3) is 2.08. The minimum Gasteiger partial charge on any atom is -0.480 e. The van der Waals surface area contributed by atoms with Gasteiger partial charge in [0.05, 0.1) is 17.2 Å². The number of fused-ring (bicyclic) bond motifs is 3. The molecule has 0 amide bonds. The van der Waals surface area contributed by atoms with E-state index in [9.17, 15) is 14.7 Å². The normalized spacial score (nSPS) is 22.1. The maximum absolute atomic E-state index is 15.6. The highest BCUT2D eigenvalue weighted by molar-refractivity contribution is 6.31. The standard InChI is InChI=1S/C19H12ClFO5/c1-9-8-25-13-7-6-11-15(14(9)13)26-17(10-4-2-3-5-12(10)20)19(21,16(11)22)18(23)24/h2-8,17H,1H3,(H,23,24). The van der Waals surface area contributed by atoms with E-state index in [1.54, 1.807) is 19.1 Å². The van der Waals surface area contributed by atoms with Crippen LogP contribution >= 0.6 is 11.6 Å². The van der Waals surface area contributed by atoms with Gasteiger partial charge in [0.2, 0.25) is 5.78 Å². The van der Waals surface area contributed by atoms with Crippen LogP contribution < -0.4 is 4.74 Å². The predicted octanol–water partition coefficient (Wildman–Crippen LogP) is 4.50. The molecule has 26 heavy (non-hydrogen) atoms. The first-order chi connectivity index (χ1) is 12.4. The molecule has 132 valence electrons. The number of Topliss-reactive ketones (excluding diaryl/α,β-unsaturated/α-hetero) is 1. The number of alkyl halides is 1. The van der Waals surface area contributed by atoms with Crippen LogP contribution in [0.25, 0.3) is 11.0 Å². The number of aryl methyl sites for hydroxylation is 1. The fourth-order valence-electron chi connectivity index (χ4n) is 3.24. The molecule has 0 bridgehead atoms. The van der Waals surface area contributed by atoms with Gasteiger partial charge in [0.25, 0.3) is 0 Å². The first-order valence-electron chi connectivity index (χ1n) is 7.74. The molecular weight excluding hydrogens is 363 g/mol. The van der Waals surface area contributed by atoms with Crippen molar-refractivity contribution in [2.24, 2.45) is 0 Å². The molecule has 0 radical (unpaired) electrons. The third-order valence-corrected chi connectivity index (χ3v) is 4.89. The summed E-state index contributed by atoms with van der Waals surface area (Å²) in [6, 6.07) is 8.89. The van der Waals surface area contributed by atoms with E-state index in [1.165, 1.54) is 30.5 Å². The number of carbonyl (C=O) groups excluding carboxylic acids is 1. The number of ether oxygens (including phenoxy) is 1. The van der Waals surface area contributed by atoms with E-state index in [4.69, 9.17) is 20.8 Å². The van der Waals surface area contributed by atoms with Crippen molar-refractivity contribution in [1.29, 1.82) is 0 Å². The van der Waals surface area contributed by atoms with E-state index in [2.05, 4.69) is 0 Å². The molecule has 1 aliphatic heterocycles. The molecule has 3 aromatic rings. The summed E-state index contributed by atoms with van der Waals surface area (Å²) in [5.41, 5.74) is -2.23. The third-order valence-electron chi connectivity index (χ3n) is 4.55. The van der Waals surface area contributed by atoms with Gasteiger partial charge in [-0.05, 0) is 30.7 Å². The Bertz CT molecular complexity index is 1070. The van der Waals surface area contributed by atoms with Gasteiger partial charge in [-0.1, -0.05) is 29.8 Å². The quantitative estimate of drug-likeness (QED) is 0.668. The summed E-state index contributed by atoms with van der Waals surface area (Å²) in [5, 5.41) is 10.1. The number of carboxylic acid groups (broad SMARTS) is 1. The van der Waals surface area contributed by atoms with Crippen molar-refractivity contribution in [2.75, 3.05) is 0 Å². The number of carboxylic acids is 1. The topological polar surface area (TPSA) is 76.7 Å². The fraction of sp³-hybridized carbons (Fsp3) is 0.158. The van der Waals surface area contributed by atoms with Crippen molar-refractivity contribution in [2.45, 2.75) is 18.7 Å². The molecule has 0 spiro atoms. The molecule has 0 fully saturated rings. The molecule has 0 saturated heterocycles. The number of rotatable bonds is 2. The van der Waals surface area contributed by atoms with Crippen LogP contribution in [0.3, 0.4) is 0 Å². The molecule has 5 nitrogen and oxygen atoms in total. The van der Waals surface area contributed by atoms with E-state index >= 15 is 4.39 Å². The molecular formula is C19H12ClFO5. The number of furan rings is 1. The van der Waals surface area contributed by atoms with E-state index in [-0.39, 0.29) is 21.9 Å². The molecule has 0 aliphatic carbocycles. The lowest BCUT2D eigenvalue weighted by Gasteiger charge is -2.35. The summed E-state index contributed by atoms with van der Waals surface area (Å²) in [4.78, 5) is 24.6. The first kappa shape index (κ1) is 16.6. The second kappa shape index (κ2) is 5.57. The number of halogens is 2. The van der Waals surface area contributed by atoms with Crippen LogP contribution in [0.5, 0.6) is 5.75 Å². The molecule has 2 aromatic carbocycles. The molecule has 2 heterocycles. The Morgan fingerprint density at radius 2 is 2.00 bits per heavy atom. The number of carbonyl (C=O) groups is 2. The van der Waals surface area contributed by atoms with E-state index < -0.39 is 23.5 Å². The van der Waals surface area contributed by atoms with Crippen LogP contribution in [0.4, 0.5) is 4.39 Å². The lowest BCUT2D eigenvalue weighted by atomic mass is 9.82. The van der Waals surface area contributed by atoms with Gasteiger partial charge < -0.3 is 14.3 Å². The molecule has 2 atom stereocenters. The zero-order chi connectivity index (χ0) is 18.6. The molecule has 0 saturated carbocycles. The summed E-state index contributed by atoms with van der Waals surface area (Å²) in [5.74, 6) is -3.01. The number of benzene rings is 2. The van der Waals surface area contributed by atoms with Gasteiger partial charge in [0.15, 0.2) is 6.10 Å². The van der Waals surface area contributed by atoms with Gasteiger partial charge in [-0.2, -0.15) is 0 Å². The maximum atomic E-state index is 15.6. The SMILES string of the molecule is Cc1coc2ccc3c(c12)OC(c1ccccc1Cl)C(F)(C(=O)O)C3=O. The van der Waals surface area contributed by atoms with Crippen LogP contribution in [0.15, 0.2) is 47.1 Å². The average molecular weight is 375 g/mol.